The van der Waals surface area contributed by atoms with Gasteiger partial charge < -0.3 is 4.40 Å². The molecule has 2 bridgehead atoms. The molecule has 3 atom stereocenters. The molecule has 35 heavy (non-hydrogen) atoms. The fourth-order valence-electron chi connectivity index (χ4n) is 7.98. The third-order valence-corrected chi connectivity index (χ3v) is 9.71. The van der Waals surface area contributed by atoms with Crippen molar-refractivity contribution in [3.05, 3.63) is 71.4 Å². The van der Waals surface area contributed by atoms with Gasteiger partial charge in [0.1, 0.15) is 7.05 Å². The van der Waals surface area contributed by atoms with E-state index in [4.69, 9.17) is 0 Å². The highest BCUT2D eigenvalue weighted by molar-refractivity contribution is 6.25. The Bertz CT molecular complexity index is 1820. The number of benzene rings is 3. The number of hydrogen-bond acceptors (Lipinski definition) is 0. The minimum Gasteiger partial charge on any atom is -0.307 e. The Balaban J connectivity index is 1.60. The third-order valence-electron chi connectivity index (χ3n) is 9.71. The third kappa shape index (κ3) is 2.53. The van der Waals surface area contributed by atoms with Gasteiger partial charge in [-0.25, -0.2) is 4.57 Å². The molecule has 3 aromatic carbocycles. The summed E-state index contributed by atoms with van der Waals surface area (Å²) < 4.78 is 4.97. The summed E-state index contributed by atoms with van der Waals surface area (Å²) in [6.07, 6.45) is 7.99. The summed E-state index contributed by atoms with van der Waals surface area (Å²) in [5.74, 6) is 3.10. The number of fused-ring (bicyclic) bond motifs is 7. The van der Waals surface area contributed by atoms with Crippen LogP contribution in [0.25, 0.3) is 49.0 Å². The molecule has 2 saturated carbocycles. The van der Waals surface area contributed by atoms with Gasteiger partial charge in [-0.3, -0.25) is 0 Å². The second-order valence-corrected chi connectivity index (χ2v) is 12.0. The van der Waals surface area contributed by atoms with Crippen molar-refractivity contribution < 1.29 is 4.57 Å². The van der Waals surface area contributed by atoms with Gasteiger partial charge in [0, 0.05) is 16.8 Å². The van der Waals surface area contributed by atoms with Crippen LogP contribution in [0.1, 0.15) is 68.1 Å². The maximum Gasteiger partial charge on any atom is 0.224 e. The van der Waals surface area contributed by atoms with Gasteiger partial charge in [-0.1, -0.05) is 44.5 Å². The highest BCUT2D eigenvalue weighted by atomic mass is 15.0. The number of aryl methyl sites for hydroxylation is 2. The zero-order valence-electron chi connectivity index (χ0n) is 21.2. The Kier molecular flexibility index (Phi) is 3.88. The van der Waals surface area contributed by atoms with Crippen LogP contribution in [0.15, 0.2) is 54.7 Å². The maximum absolute atomic E-state index is 2.61. The summed E-state index contributed by atoms with van der Waals surface area (Å²) in [7, 11) is 2.22. The molecular formula is C33H33N2+. The van der Waals surface area contributed by atoms with E-state index in [1.54, 1.807) is 5.56 Å². The van der Waals surface area contributed by atoms with Crippen LogP contribution in [0.4, 0.5) is 0 Å². The van der Waals surface area contributed by atoms with Gasteiger partial charge in [-0.2, -0.15) is 0 Å². The summed E-state index contributed by atoms with van der Waals surface area (Å²) >= 11 is 0. The smallest absolute Gasteiger partial charge is 0.224 e. The van der Waals surface area contributed by atoms with Crippen LogP contribution in [-0.4, -0.2) is 4.40 Å². The summed E-state index contributed by atoms with van der Waals surface area (Å²) in [5, 5.41) is 6.99. The summed E-state index contributed by atoms with van der Waals surface area (Å²) in [6, 6.07) is 19.3. The van der Waals surface area contributed by atoms with Crippen molar-refractivity contribution in [3.63, 3.8) is 0 Å². The molecule has 3 aromatic heterocycles. The minimum absolute atomic E-state index is 0.524. The van der Waals surface area contributed by atoms with E-state index in [0.29, 0.717) is 5.92 Å². The van der Waals surface area contributed by atoms with E-state index in [-0.39, 0.29) is 0 Å². The van der Waals surface area contributed by atoms with E-state index < -0.39 is 0 Å². The van der Waals surface area contributed by atoms with Gasteiger partial charge >= 0.3 is 0 Å². The van der Waals surface area contributed by atoms with E-state index in [9.17, 15) is 0 Å². The van der Waals surface area contributed by atoms with Crippen molar-refractivity contribution >= 4 is 49.0 Å². The normalized spacial score (nSPS) is 22.4. The first-order chi connectivity index (χ1) is 17.0. The standard InChI is InChI=1S/C33H33N2/c1-18(2)21-8-10-28-27(16-21)25-9-5-19(3)30-32(25)35(28)29-17-24(26-14-20-6-7-22(26)13-20)15-23-11-12-34(4)33(30)31(23)29/h5,8-12,15-18,20,22,26H,6-7,13-14H2,1-4H3/q+1. The lowest BCUT2D eigenvalue weighted by Crippen LogP contribution is -2.29. The van der Waals surface area contributed by atoms with Gasteiger partial charge in [0.2, 0.25) is 5.52 Å². The molecule has 2 nitrogen and oxygen atoms in total. The zero-order valence-corrected chi connectivity index (χ0v) is 21.2. The molecule has 0 aliphatic heterocycles. The molecule has 2 heteroatoms. The molecule has 8 rings (SSSR count). The topological polar surface area (TPSA) is 8.29 Å². The number of aromatic nitrogens is 2. The van der Waals surface area contributed by atoms with E-state index >= 15 is 0 Å². The Morgan fingerprint density at radius 2 is 1.77 bits per heavy atom. The molecule has 2 aliphatic carbocycles. The van der Waals surface area contributed by atoms with E-state index in [0.717, 1.165) is 17.8 Å². The molecule has 174 valence electrons. The molecule has 0 amide bonds. The molecule has 0 saturated heterocycles. The lowest BCUT2D eigenvalue weighted by Gasteiger charge is -2.23. The molecular weight excluding hydrogens is 424 g/mol. The number of nitrogens with zero attached hydrogens (tertiary/aromatic N) is 2. The van der Waals surface area contributed by atoms with Crippen molar-refractivity contribution in [2.75, 3.05) is 0 Å². The molecule has 0 radical (unpaired) electrons. The van der Waals surface area contributed by atoms with Crippen LogP contribution in [0.5, 0.6) is 0 Å². The maximum atomic E-state index is 2.61. The predicted molar refractivity (Wildman–Crippen MR) is 147 cm³/mol. The second kappa shape index (κ2) is 6.75. The summed E-state index contributed by atoms with van der Waals surface area (Å²) in [5.41, 5.74) is 9.85. The van der Waals surface area contributed by atoms with Crippen LogP contribution in [0.2, 0.25) is 0 Å². The molecule has 6 aromatic rings. The Morgan fingerprint density at radius 1 is 0.886 bits per heavy atom. The lowest BCUT2D eigenvalue weighted by molar-refractivity contribution is -0.643. The van der Waals surface area contributed by atoms with Crippen molar-refractivity contribution in [2.24, 2.45) is 18.9 Å². The molecule has 0 N–H and O–H groups in total. The minimum atomic E-state index is 0.524. The van der Waals surface area contributed by atoms with Crippen LogP contribution < -0.4 is 4.57 Å². The van der Waals surface area contributed by atoms with Gasteiger partial charge in [0.15, 0.2) is 6.20 Å². The van der Waals surface area contributed by atoms with Gasteiger partial charge in [-0.05, 0) is 90.1 Å². The number of hydrogen-bond donors (Lipinski definition) is 0. The average molecular weight is 458 g/mol. The fourth-order valence-corrected chi connectivity index (χ4v) is 7.98. The van der Waals surface area contributed by atoms with E-state index in [1.165, 1.54) is 85.8 Å². The largest absolute Gasteiger partial charge is 0.307 e. The first-order valence-electron chi connectivity index (χ1n) is 13.5. The predicted octanol–water partition coefficient (Wildman–Crippen LogP) is 8.15. The van der Waals surface area contributed by atoms with Crippen molar-refractivity contribution in [1.29, 1.82) is 0 Å². The van der Waals surface area contributed by atoms with Crippen LogP contribution in [-0.2, 0) is 7.05 Å². The van der Waals surface area contributed by atoms with Crippen LogP contribution in [0, 0.1) is 18.8 Å². The van der Waals surface area contributed by atoms with Gasteiger partial charge in [-0.15, -0.1) is 0 Å². The lowest BCUT2D eigenvalue weighted by atomic mass is 9.82. The highest BCUT2D eigenvalue weighted by Gasteiger charge is 2.40. The van der Waals surface area contributed by atoms with Gasteiger partial charge in [0.25, 0.3) is 0 Å². The van der Waals surface area contributed by atoms with Crippen molar-refractivity contribution in [3.8, 4) is 0 Å². The quantitative estimate of drug-likeness (QED) is 0.141. The number of rotatable bonds is 2. The number of pyridine rings is 2. The Hall–Kier alpha value is -3.13. The summed E-state index contributed by atoms with van der Waals surface area (Å²) in [6.45, 7) is 6.88. The average Bonchev–Trinajstić information content (AvgIpc) is 3.57. The van der Waals surface area contributed by atoms with E-state index in [1.807, 2.05) is 0 Å². The zero-order chi connectivity index (χ0) is 23.6. The first kappa shape index (κ1) is 20.1. The van der Waals surface area contributed by atoms with Crippen LogP contribution >= 0.6 is 0 Å². The highest BCUT2D eigenvalue weighted by Crippen LogP contribution is 2.53. The molecule has 3 unspecified atom stereocenters. The fraction of sp³-hybridized carbons (Fsp3) is 0.364. The van der Waals surface area contributed by atoms with Crippen molar-refractivity contribution in [1.82, 2.24) is 4.40 Å². The molecule has 3 heterocycles. The Labute approximate surface area is 206 Å². The molecule has 2 aliphatic rings. The first-order valence-corrected chi connectivity index (χ1v) is 13.5. The molecule has 0 spiro atoms. The SMILES string of the molecule is Cc1ccc2c3cc(C(C)C)ccc3n3c4cc(C5CC6CCC5C6)cc5cc[n+](C)c(c1c23)c54. The Morgan fingerprint density at radius 3 is 2.54 bits per heavy atom. The van der Waals surface area contributed by atoms with E-state index in [2.05, 4.69) is 91.5 Å². The monoisotopic (exact) mass is 457 g/mol. The summed E-state index contributed by atoms with van der Waals surface area (Å²) in [4.78, 5) is 0. The second-order valence-electron chi connectivity index (χ2n) is 12.0. The van der Waals surface area contributed by atoms with Crippen LogP contribution in [0.3, 0.4) is 0 Å². The molecule has 2 fully saturated rings. The van der Waals surface area contributed by atoms with Gasteiger partial charge in [0.05, 0.1) is 27.3 Å². The van der Waals surface area contributed by atoms with Crippen molar-refractivity contribution in [2.45, 2.75) is 58.3 Å².